The third kappa shape index (κ3) is 2.53. The van der Waals surface area contributed by atoms with E-state index in [9.17, 15) is 4.79 Å². The number of ether oxygens (including phenoxy) is 1. The van der Waals surface area contributed by atoms with E-state index < -0.39 is 0 Å². The number of nitrogens with one attached hydrogen (secondary N) is 1. The largest absolute Gasteiger partial charge is 0.494 e. The summed E-state index contributed by atoms with van der Waals surface area (Å²) in [6.07, 6.45) is 0. The number of carbonyl (C=O) groups is 1. The molecule has 0 saturated carbocycles. The first kappa shape index (κ1) is 14.5. The minimum atomic E-state index is -0.246. The van der Waals surface area contributed by atoms with Crippen molar-refractivity contribution in [2.45, 2.75) is 6.92 Å². The first-order valence-corrected chi connectivity index (χ1v) is 7.30. The molecule has 2 aromatic carbocycles. The Balaban J connectivity index is 2.01. The van der Waals surface area contributed by atoms with Gasteiger partial charge in [0.15, 0.2) is 0 Å². The number of nitrogens with zero attached hydrogens (tertiary/aromatic N) is 1. The molecule has 3 rings (SSSR count). The minimum Gasteiger partial charge on any atom is -0.494 e. The molecule has 0 atom stereocenters. The molecule has 0 radical (unpaired) electrons. The molecule has 0 unspecified atom stereocenters. The summed E-state index contributed by atoms with van der Waals surface area (Å²) in [5.41, 5.74) is 2.87. The summed E-state index contributed by atoms with van der Waals surface area (Å²) >= 11 is 5.90. The summed E-state index contributed by atoms with van der Waals surface area (Å²) in [7, 11) is 0. The van der Waals surface area contributed by atoms with E-state index in [0.29, 0.717) is 23.0 Å². The van der Waals surface area contributed by atoms with Crippen molar-refractivity contribution in [1.82, 2.24) is 0 Å². The van der Waals surface area contributed by atoms with Gasteiger partial charge in [0.25, 0.3) is 0 Å². The molecule has 1 heterocycles. The van der Waals surface area contributed by atoms with Gasteiger partial charge in [-0.05, 0) is 49.4 Å². The van der Waals surface area contributed by atoms with Crippen LogP contribution in [-0.4, -0.2) is 12.6 Å². The van der Waals surface area contributed by atoms with Gasteiger partial charge in [-0.2, -0.15) is 0 Å². The first-order valence-electron chi connectivity index (χ1n) is 6.93. The molecule has 22 heavy (non-hydrogen) atoms. The molecule has 0 fully saturated rings. The quantitative estimate of drug-likeness (QED) is 0.887. The number of urea groups is 1. The number of anilines is 2. The molecule has 1 N–H and O–H groups in total. The number of amides is 2. The second kappa shape index (κ2) is 5.73. The van der Waals surface area contributed by atoms with Crippen LogP contribution in [0.4, 0.5) is 16.2 Å². The van der Waals surface area contributed by atoms with E-state index in [1.165, 1.54) is 4.90 Å². The van der Waals surface area contributed by atoms with E-state index >= 15 is 0 Å². The van der Waals surface area contributed by atoms with Crippen molar-refractivity contribution in [2.24, 2.45) is 0 Å². The molecule has 2 amide bonds. The lowest BCUT2D eigenvalue weighted by Gasteiger charge is -2.31. The highest BCUT2D eigenvalue weighted by atomic mass is 35.5. The maximum atomic E-state index is 12.4. The Labute approximate surface area is 134 Å². The smallest absolute Gasteiger partial charge is 0.330 e. The van der Waals surface area contributed by atoms with Crippen LogP contribution in [0, 0.1) is 0 Å². The van der Waals surface area contributed by atoms with Crippen LogP contribution >= 0.6 is 11.6 Å². The van der Waals surface area contributed by atoms with Gasteiger partial charge in [0, 0.05) is 10.6 Å². The number of hydrogen-bond donors (Lipinski definition) is 1. The molecule has 4 nitrogen and oxygen atoms in total. The van der Waals surface area contributed by atoms with Gasteiger partial charge in [-0.1, -0.05) is 18.2 Å². The van der Waals surface area contributed by atoms with Gasteiger partial charge < -0.3 is 10.1 Å². The average Bonchev–Trinajstić information content (AvgIpc) is 2.50. The number of benzene rings is 2. The van der Waals surface area contributed by atoms with E-state index in [0.717, 1.165) is 17.0 Å². The Hall–Kier alpha value is -2.46. The summed E-state index contributed by atoms with van der Waals surface area (Å²) in [6.45, 7) is 6.57. The third-order valence-electron chi connectivity index (χ3n) is 3.41. The van der Waals surface area contributed by atoms with Crippen LogP contribution in [0.25, 0.3) is 5.70 Å². The molecule has 0 aliphatic carbocycles. The van der Waals surface area contributed by atoms with Gasteiger partial charge in [0.1, 0.15) is 5.75 Å². The Morgan fingerprint density at radius 3 is 2.64 bits per heavy atom. The maximum Gasteiger partial charge on any atom is 0.330 e. The van der Waals surface area contributed by atoms with E-state index in [1.807, 2.05) is 25.1 Å². The van der Waals surface area contributed by atoms with Gasteiger partial charge in [-0.3, -0.25) is 4.90 Å². The van der Waals surface area contributed by atoms with Gasteiger partial charge in [0.05, 0.1) is 23.7 Å². The zero-order valence-electron chi connectivity index (χ0n) is 12.1. The highest BCUT2D eigenvalue weighted by Crippen LogP contribution is 2.36. The maximum absolute atomic E-state index is 12.4. The van der Waals surface area contributed by atoms with E-state index in [2.05, 4.69) is 11.9 Å². The lowest BCUT2D eigenvalue weighted by Crippen LogP contribution is -2.37. The van der Waals surface area contributed by atoms with Gasteiger partial charge in [-0.25, -0.2) is 4.79 Å². The number of hydrogen-bond acceptors (Lipinski definition) is 2. The van der Waals surface area contributed by atoms with Crippen molar-refractivity contribution in [2.75, 3.05) is 16.8 Å². The van der Waals surface area contributed by atoms with Crippen LogP contribution in [-0.2, 0) is 0 Å². The van der Waals surface area contributed by atoms with Crippen LogP contribution in [0.2, 0.25) is 5.02 Å². The van der Waals surface area contributed by atoms with Crippen molar-refractivity contribution in [3.8, 4) is 5.75 Å². The molecule has 112 valence electrons. The zero-order valence-corrected chi connectivity index (χ0v) is 12.9. The van der Waals surface area contributed by atoms with Crippen LogP contribution in [0.15, 0.2) is 49.0 Å². The lowest BCUT2D eigenvalue weighted by molar-refractivity contribution is 0.258. The van der Waals surface area contributed by atoms with Crippen molar-refractivity contribution in [3.05, 3.63) is 59.6 Å². The van der Waals surface area contributed by atoms with Gasteiger partial charge in [0.2, 0.25) is 0 Å². The Bertz CT molecular complexity index is 741. The summed E-state index contributed by atoms with van der Waals surface area (Å²) in [6, 6.07) is 12.3. The Kier molecular flexibility index (Phi) is 3.77. The second-order valence-electron chi connectivity index (χ2n) is 4.83. The highest BCUT2D eigenvalue weighted by Gasteiger charge is 2.27. The Morgan fingerprint density at radius 2 is 1.95 bits per heavy atom. The normalized spacial score (nSPS) is 13.6. The number of carbonyl (C=O) groups excluding carboxylic acids is 1. The van der Waals surface area contributed by atoms with Gasteiger partial charge in [-0.15, -0.1) is 0 Å². The average molecular weight is 315 g/mol. The molecular weight excluding hydrogens is 300 g/mol. The van der Waals surface area contributed by atoms with Crippen molar-refractivity contribution in [1.29, 1.82) is 0 Å². The van der Waals surface area contributed by atoms with E-state index in [1.54, 1.807) is 24.3 Å². The predicted molar refractivity (Wildman–Crippen MR) is 89.6 cm³/mol. The number of halogens is 1. The van der Waals surface area contributed by atoms with Crippen molar-refractivity contribution in [3.63, 3.8) is 0 Å². The molecule has 1 aliphatic heterocycles. The molecule has 0 saturated heterocycles. The van der Waals surface area contributed by atoms with Crippen LogP contribution in [0.1, 0.15) is 12.5 Å². The number of fused-ring (bicyclic) bond motifs is 1. The fourth-order valence-corrected chi connectivity index (χ4v) is 2.53. The summed E-state index contributed by atoms with van der Waals surface area (Å²) in [4.78, 5) is 13.9. The molecular formula is C17H15ClN2O2. The topological polar surface area (TPSA) is 41.6 Å². The monoisotopic (exact) mass is 314 g/mol. The molecule has 0 spiro atoms. The summed E-state index contributed by atoms with van der Waals surface area (Å²) in [5.74, 6) is 0.745. The SMILES string of the molecule is C=C1c2cc(OCC)ccc2NC(=O)N1c1ccc(Cl)cc1. The number of rotatable bonds is 3. The second-order valence-corrected chi connectivity index (χ2v) is 5.27. The lowest BCUT2D eigenvalue weighted by atomic mass is 10.1. The first-order chi connectivity index (χ1) is 10.6. The molecule has 2 aromatic rings. The van der Waals surface area contributed by atoms with Crippen molar-refractivity contribution >= 4 is 34.7 Å². The molecule has 5 heteroatoms. The Morgan fingerprint density at radius 1 is 1.23 bits per heavy atom. The van der Waals surface area contributed by atoms with Crippen LogP contribution in [0.5, 0.6) is 5.75 Å². The summed E-state index contributed by atoms with van der Waals surface area (Å²) < 4.78 is 5.51. The van der Waals surface area contributed by atoms with E-state index in [-0.39, 0.29) is 6.03 Å². The molecule has 1 aliphatic rings. The van der Waals surface area contributed by atoms with Crippen molar-refractivity contribution < 1.29 is 9.53 Å². The van der Waals surface area contributed by atoms with E-state index in [4.69, 9.17) is 16.3 Å². The highest BCUT2D eigenvalue weighted by molar-refractivity contribution is 6.30. The van der Waals surface area contributed by atoms with Gasteiger partial charge >= 0.3 is 6.03 Å². The minimum absolute atomic E-state index is 0.246. The third-order valence-corrected chi connectivity index (χ3v) is 3.66. The molecule has 0 bridgehead atoms. The standard InChI is InChI=1S/C17H15ClN2O2/c1-3-22-14-8-9-16-15(10-14)11(2)20(17(21)19-16)13-6-4-12(18)5-7-13/h4-10H,2-3H2,1H3,(H,19,21). The predicted octanol–water partition coefficient (Wildman–Crippen LogP) is 4.76. The fraction of sp³-hybridized carbons (Fsp3) is 0.118. The van der Waals surface area contributed by atoms with Crippen LogP contribution < -0.4 is 15.0 Å². The molecule has 0 aromatic heterocycles. The van der Waals surface area contributed by atoms with Crippen LogP contribution in [0.3, 0.4) is 0 Å². The fourth-order valence-electron chi connectivity index (χ4n) is 2.40. The zero-order chi connectivity index (χ0) is 15.7. The summed E-state index contributed by atoms with van der Waals surface area (Å²) in [5, 5.41) is 3.48.